The topological polar surface area (TPSA) is 39.4 Å². The number of hydrogen-bond acceptors (Lipinski definition) is 3. The van der Waals surface area contributed by atoms with Crippen molar-refractivity contribution in [3.05, 3.63) is 42.4 Å². The molecular weight excluding hydrogens is 216 g/mol. The predicted octanol–water partition coefficient (Wildman–Crippen LogP) is 3.55. The monoisotopic (exact) mass is 230 g/mol. The van der Waals surface area contributed by atoms with Gasteiger partial charge < -0.3 is 9.15 Å². The summed E-state index contributed by atoms with van der Waals surface area (Å²) in [6.45, 7) is 2.69. The lowest BCUT2D eigenvalue weighted by Crippen LogP contribution is -1.96. The number of rotatable bonds is 5. The fraction of sp³-hybridized carbons (Fsp3) is 0.214. The van der Waals surface area contributed by atoms with E-state index in [0.29, 0.717) is 17.9 Å². The molecule has 0 N–H and O–H groups in total. The summed E-state index contributed by atoms with van der Waals surface area (Å²) >= 11 is 0. The number of ether oxygens (including phenoxy) is 1. The standard InChI is InChI=1S/C14H14O3/c1-2-4-17-14-7-11(9-15)6-13(8-14)12-3-5-16-10-12/h3,5-10H,2,4H2,1H3. The van der Waals surface area contributed by atoms with Crippen molar-refractivity contribution in [2.75, 3.05) is 6.61 Å². The summed E-state index contributed by atoms with van der Waals surface area (Å²) in [6, 6.07) is 7.32. The van der Waals surface area contributed by atoms with Gasteiger partial charge in [0.25, 0.3) is 0 Å². The van der Waals surface area contributed by atoms with Gasteiger partial charge in [0.05, 0.1) is 19.1 Å². The lowest BCUT2D eigenvalue weighted by molar-refractivity contribution is 0.112. The van der Waals surface area contributed by atoms with Crippen LogP contribution < -0.4 is 4.74 Å². The molecule has 1 aromatic heterocycles. The molecule has 0 radical (unpaired) electrons. The van der Waals surface area contributed by atoms with Gasteiger partial charge >= 0.3 is 0 Å². The molecule has 1 aromatic carbocycles. The van der Waals surface area contributed by atoms with Crippen LogP contribution in [-0.4, -0.2) is 12.9 Å². The lowest BCUT2D eigenvalue weighted by Gasteiger charge is -2.07. The van der Waals surface area contributed by atoms with Crippen LogP contribution in [0.5, 0.6) is 5.75 Å². The molecule has 88 valence electrons. The van der Waals surface area contributed by atoms with Crippen molar-refractivity contribution >= 4 is 6.29 Å². The first-order valence-corrected chi connectivity index (χ1v) is 5.59. The zero-order valence-corrected chi connectivity index (χ0v) is 9.68. The van der Waals surface area contributed by atoms with E-state index in [2.05, 4.69) is 0 Å². The van der Waals surface area contributed by atoms with Gasteiger partial charge in [-0.25, -0.2) is 0 Å². The zero-order chi connectivity index (χ0) is 12.1. The summed E-state index contributed by atoms with van der Waals surface area (Å²) in [4.78, 5) is 10.9. The first-order chi connectivity index (χ1) is 8.33. The van der Waals surface area contributed by atoms with Gasteiger partial charge in [-0.1, -0.05) is 6.92 Å². The Labute approximate surface area is 100 Å². The SMILES string of the molecule is CCCOc1cc(C=O)cc(-c2ccoc2)c1. The second kappa shape index (κ2) is 5.34. The van der Waals surface area contributed by atoms with E-state index in [0.717, 1.165) is 23.8 Å². The normalized spacial score (nSPS) is 10.2. The Kier molecular flexibility index (Phi) is 3.60. The van der Waals surface area contributed by atoms with Crippen LogP contribution in [0.15, 0.2) is 41.2 Å². The fourth-order valence-electron chi connectivity index (χ4n) is 1.59. The zero-order valence-electron chi connectivity index (χ0n) is 9.68. The van der Waals surface area contributed by atoms with Crippen LogP contribution in [-0.2, 0) is 0 Å². The maximum atomic E-state index is 10.9. The molecule has 17 heavy (non-hydrogen) atoms. The van der Waals surface area contributed by atoms with Crippen LogP contribution in [0.2, 0.25) is 0 Å². The molecule has 0 aliphatic carbocycles. The summed E-state index contributed by atoms with van der Waals surface area (Å²) in [5.41, 5.74) is 2.47. The summed E-state index contributed by atoms with van der Waals surface area (Å²) in [5, 5.41) is 0. The van der Waals surface area contributed by atoms with Crippen molar-refractivity contribution in [1.82, 2.24) is 0 Å². The van der Waals surface area contributed by atoms with E-state index in [-0.39, 0.29) is 0 Å². The third kappa shape index (κ3) is 2.75. The highest BCUT2D eigenvalue weighted by molar-refractivity contribution is 5.80. The van der Waals surface area contributed by atoms with Crippen molar-refractivity contribution in [1.29, 1.82) is 0 Å². The highest BCUT2D eigenvalue weighted by atomic mass is 16.5. The van der Waals surface area contributed by atoms with Crippen LogP contribution in [0, 0.1) is 0 Å². The van der Waals surface area contributed by atoms with Crippen molar-refractivity contribution in [3.63, 3.8) is 0 Å². The van der Waals surface area contributed by atoms with Gasteiger partial charge in [-0.3, -0.25) is 4.79 Å². The Bertz CT molecular complexity index is 486. The maximum Gasteiger partial charge on any atom is 0.150 e. The lowest BCUT2D eigenvalue weighted by atomic mass is 10.1. The van der Waals surface area contributed by atoms with E-state index >= 15 is 0 Å². The first-order valence-electron chi connectivity index (χ1n) is 5.59. The average Bonchev–Trinajstić information content (AvgIpc) is 2.89. The number of aldehydes is 1. The predicted molar refractivity (Wildman–Crippen MR) is 65.3 cm³/mol. The Morgan fingerprint density at radius 2 is 2.18 bits per heavy atom. The van der Waals surface area contributed by atoms with E-state index in [1.54, 1.807) is 18.6 Å². The highest BCUT2D eigenvalue weighted by Gasteiger charge is 2.04. The quantitative estimate of drug-likeness (QED) is 0.737. The molecule has 1 heterocycles. The molecule has 0 saturated heterocycles. The van der Waals surface area contributed by atoms with Gasteiger partial charge in [-0.05, 0) is 36.2 Å². The number of carbonyl (C=O) groups excluding carboxylic acids is 1. The van der Waals surface area contributed by atoms with E-state index < -0.39 is 0 Å². The molecule has 0 aliphatic heterocycles. The first kappa shape index (κ1) is 11.5. The molecule has 3 nitrogen and oxygen atoms in total. The van der Waals surface area contributed by atoms with E-state index in [1.165, 1.54) is 0 Å². The van der Waals surface area contributed by atoms with Gasteiger partial charge in [-0.15, -0.1) is 0 Å². The van der Waals surface area contributed by atoms with Crippen LogP contribution >= 0.6 is 0 Å². The maximum absolute atomic E-state index is 10.9. The molecular formula is C14H14O3. The molecule has 0 bridgehead atoms. The Hall–Kier alpha value is -2.03. The summed E-state index contributed by atoms with van der Waals surface area (Å²) in [6.07, 6.45) is 5.01. The molecule has 0 aliphatic rings. The van der Waals surface area contributed by atoms with Gasteiger partial charge in [0.2, 0.25) is 0 Å². The molecule has 0 amide bonds. The minimum atomic E-state index is 0.606. The fourth-order valence-corrected chi connectivity index (χ4v) is 1.59. The molecule has 0 unspecified atom stereocenters. The molecule has 2 rings (SSSR count). The largest absolute Gasteiger partial charge is 0.494 e. The van der Waals surface area contributed by atoms with Crippen LogP contribution in [0.1, 0.15) is 23.7 Å². The third-order valence-electron chi connectivity index (χ3n) is 2.39. The van der Waals surface area contributed by atoms with Crippen molar-refractivity contribution in [2.45, 2.75) is 13.3 Å². The molecule has 0 saturated carbocycles. The van der Waals surface area contributed by atoms with Crippen LogP contribution in [0.3, 0.4) is 0 Å². The Morgan fingerprint density at radius 1 is 1.29 bits per heavy atom. The second-order valence-corrected chi connectivity index (χ2v) is 3.77. The summed E-state index contributed by atoms with van der Waals surface area (Å²) in [7, 11) is 0. The number of hydrogen-bond donors (Lipinski definition) is 0. The van der Waals surface area contributed by atoms with Crippen molar-refractivity contribution < 1.29 is 13.9 Å². The molecule has 0 atom stereocenters. The number of furan rings is 1. The van der Waals surface area contributed by atoms with Gasteiger partial charge in [0, 0.05) is 11.1 Å². The highest BCUT2D eigenvalue weighted by Crippen LogP contribution is 2.26. The number of benzene rings is 1. The number of carbonyl (C=O) groups is 1. The Balaban J connectivity index is 2.35. The minimum absolute atomic E-state index is 0.606. The van der Waals surface area contributed by atoms with E-state index in [4.69, 9.17) is 9.15 Å². The second-order valence-electron chi connectivity index (χ2n) is 3.77. The molecule has 2 aromatic rings. The van der Waals surface area contributed by atoms with Crippen molar-refractivity contribution in [3.8, 4) is 16.9 Å². The van der Waals surface area contributed by atoms with Crippen LogP contribution in [0.25, 0.3) is 11.1 Å². The summed E-state index contributed by atoms with van der Waals surface area (Å²) < 4.78 is 10.6. The van der Waals surface area contributed by atoms with Crippen LogP contribution in [0.4, 0.5) is 0 Å². The Morgan fingerprint density at radius 3 is 2.82 bits per heavy atom. The summed E-state index contributed by atoms with van der Waals surface area (Å²) in [5.74, 6) is 0.715. The average molecular weight is 230 g/mol. The molecule has 0 fully saturated rings. The van der Waals surface area contributed by atoms with E-state index in [9.17, 15) is 4.79 Å². The van der Waals surface area contributed by atoms with E-state index in [1.807, 2.05) is 25.1 Å². The smallest absolute Gasteiger partial charge is 0.150 e. The minimum Gasteiger partial charge on any atom is -0.494 e. The third-order valence-corrected chi connectivity index (χ3v) is 2.39. The van der Waals surface area contributed by atoms with Gasteiger partial charge in [0.15, 0.2) is 0 Å². The van der Waals surface area contributed by atoms with Crippen molar-refractivity contribution in [2.24, 2.45) is 0 Å². The molecule has 3 heteroatoms. The van der Waals surface area contributed by atoms with Gasteiger partial charge in [0.1, 0.15) is 12.0 Å². The molecule has 0 spiro atoms. The van der Waals surface area contributed by atoms with Gasteiger partial charge in [-0.2, -0.15) is 0 Å².